The SMILES string of the molecule is Cc1ccccc1-c1ncccc1C(=O)NC1CCN(C2CCN(C(=O)c3c(F)ccc(Br)c3C)CC2)CC1. The van der Waals surface area contributed by atoms with E-state index in [0.29, 0.717) is 36.0 Å². The lowest BCUT2D eigenvalue weighted by Gasteiger charge is -2.42. The van der Waals surface area contributed by atoms with E-state index in [1.54, 1.807) is 24.1 Å². The molecule has 0 unspecified atom stereocenters. The van der Waals surface area contributed by atoms with E-state index >= 15 is 0 Å². The number of likely N-dealkylation sites (tertiary alicyclic amines) is 2. The number of carbonyl (C=O) groups excluding carboxylic acids is 2. The van der Waals surface area contributed by atoms with Gasteiger partial charge in [0.1, 0.15) is 5.82 Å². The topological polar surface area (TPSA) is 65.5 Å². The minimum Gasteiger partial charge on any atom is -0.349 e. The van der Waals surface area contributed by atoms with Gasteiger partial charge in [0.05, 0.1) is 16.8 Å². The summed E-state index contributed by atoms with van der Waals surface area (Å²) in [5.74, 6) is -0.780. The van der Waals surface area contributed by atoms with Crippen LogP contribution in [0.15, 0.2) is 59.2 Å². The largest absolute Gasteiger partial charge is 0.349 e. The monoisotopic (exact) mass is 592 g/mol. The van der Waals surface area contributed by atoms with Crippen LogP contribution < -0.4 is 5.32 Å². The Morgan fingerprint density at radius 2 is 1.67 bits per heavy atom. The van der Waals surface area contributed by atoms with Crippen molar-refractivity contribution in [3.63, 3.8) is 0 Å². The second kappa shape index (κ2) is 12.0. The van der Waals surface area contributed by atoms with E-state index in [9.17, 15) is 14.0 Å². The highest BCUT2D eigenvalue weighted by molar-refractivity contribution is 9.10. The minimum atomic E-state index is -0.468. The number of halogens is 2. The molecule has 39 heavy (non-hydrogen) atoms. The highest BCUT2D eigenvalue weighted by Crippen LogP contribution is 2.28. The Bertz CT molecular complexity index is 1360. The predicted molar refractivity (Wildman–Crippen MR) is 154 cm³/mol. The Morgan fingerprint density at radius 1 is 0.949 bits per heavy atom. The van der Waals surface area contributed by atoms with Crippen LogP contribution in [0.3, 0.4) is 0 Å². The van der Waals surface area contributed by atoms with Gasteiger partial charge in [-0.25, -0.2) is 4.39 Å². The molecule has 0 saturated carbocycles. The van der Waals surface area contributed by atoms with Crippen LogP contribution in [-0.4, -0.2) is 64.9 Å². The normalized spacial score (nSPS) is 17.3. The van der Waals surface area contributed by atoms with Gasteiger partial charge in [-0.2, -0.15) is 0 Å². The molecule has 2 saturated heterocycles. The molecule has 3 heterocycles. The zero-order chi connectivity index (χ0) is 27.5. The molecule has 6 nitrogen and oxygen atoms in total. The van der Waals surface area contributed by atoms with E-state index < -0.39 is 5.82 Å². The van der Waals surface area contributed by atoms with Crippen molar-refractivity contribution in [2.24, 2.45) is 0 Å². The fraction of sp³-hybridized carbons (Fsp3) is 0.387. The molecule has 2 aromatic carbocycles. The van der Waals surface area contributed by atoms with Crippen molar-refractivity contribution in [3.8, 4) is 11.3 Å². The Labute approximate surface area is 237 Å². The minimum absolute atomic E-state index is 0.0818. The molecule has 5 rings (SSSR count). The molecule has 2 aliphatic heterocycles. The van der Waals surface area contributed by atoms with Gasteiger partial charge in [-0.15, -0.1) is 0 Å². The summed E-state index contributed by atoms with van der Waals surface area (Å²) < 4.78 is 15.2. The first-order valence-electron chi connectivity index (χ1n) is 13.6. The van der Waals surface area contributed by atoms with Crippen LogP contribution in [0.1, 0.15) is 57.5 Å². The van der Waals surface area contributed by atoms with Gasteiger partial charge in [0.15, 0.2) is 0 Å². The molecule has 1 N–H and O–H groups in total. The number of hydrogen-bond acceptors (Lipinski definition) is 4. The van der Waals surface area contributed by atoms with Gasteiger partial charge in [0, 0.05) is 54.5 Å². The average molecular weight is 594 g/mol. The van der Waals surface area contributed by atoms with E-state index in [4.69, 9.17) is 0 Å². The second-order valence-corrected chi connectivity index (χ2v) is 11.4. The van der Waals surface area contributed by atoms with Gasteiger partial charge in [0.2, 0.25) is 0 Å². The maximum absolute atomic E-state index is 14.5. The van der Waals surface area contributed by atoms with Crippen molar-refractivity contribution in [1.82, 2.24) is 20.1 Å². The third-order valence-electron chi connectivity index (χ3n) is 8.15. The molecule has 0 bridgehead atoms. The molecule has 0 spiro atoms. The van der Waals surface area contributed by atoms with Crippen LogP contribution in [0.25, 0.3) is 11.3 Å². The Balaban J connectivity index is 1.14. The predicted octanol–water partition coefficient (Wildman–Crippen LogP) is 5.77. The van der Waals surface area contributed by atoms with E-state index in [0.717, 1.165) is 54.4 Å². The van der Waals surface area contributed by atoms with Crippen LogP contribution in [0.5, 0.6) is 0 Å². The molecule has 0 radical (unpaired) electrons. The molecule has 0 aliphatic carbocycles. The van der Waals surface area contributed by atoms with Crippen molar-refractivity contribution in [3.05, 3.63) is 87.3 Å². The summed E-state index contributed by atoms with van der Waals surface area (Å²) in [6.45, 7) is 6.85. The van der Waals surface area contributed by atoms with Crippen LogP contribution in [-0.2, 0) is 0 Å². The Kier molecular flexibility index (Phi) is 8.43. The maximum Gasteiger partial charge on any atom is 0.257 e. The number of pyridine rings is 1. The molecule has 3 aromatic rings. The van der Waals surface area contributed by atoms with Crippen LogP contribution >= 0.6 is 15.9 Å². The fourth-order valence-corrected chi connectivity index (χ4v) is 6.15. The molecule has 8 heteroatoms. The lowest BCUT2D eigenvalue weighted by Crippen LogP contribution is -2.51. The smallest absolute Gasteiger partial charge is 0.257 e. The van der Waals surface area contributed by atoms with Gasteiger partial charge in [0.25, 0.3) is 11.8 Å². The lowest BCUT2D eigenvalue weighted by molar-refractivity contribution is 0.0562. The van der Waals surface area contributed by atoms with Crippen molar-refractivity contribution >= 4 is 27.7 Å². The molecule has 2 amide bonds. The van der Waals surface area contributed by atoms with Crippen molar-refractivity contribution in [2.45, 2.75) is 51.6 Å². The number of nitrogens with one attached hydrogen (secondary N) is 1. The molecule has 1 aromatic heterocycles. The quantitative estimate of drug-likeness (QED) is 0.409. The first-order valence-corrected chi connectivity index (χ1v) is 14.4. The zero-order valence-corrected chi connectivity index (χ0v) is 24.0. The number of aryl methyl sites for hydroxylation is 1. The number of hydrogen-bond donors (Lipinski definition) is 1. The summed E-state index contributed by atoms with van der Waals surface area (Å²) in [6.07, 6.45) is 5.23. The highest BCUT2D eigenvalue weighted by atomic mass is 79.9. The van der Waals surface area contributed by atoms with Crippen molar-refractivity contribution < 1.29 is 14.0 Å². The summed E-state index contributed by atoms with van der Waals surface area (Å²) in [7, 11) is 0. The molecule has 0 atom stereocenters. The van der Waals surface area contributed by atoms with Crippen LogP contribution in [0.4, 0.5) is 4.39 Å². The average Bonchev–Trinajstić information content (AvgIpc) is 2.96. The number of benzene rings is 2. The maximum atomic E-state index is 14.5. The van der Waals surface area contributed by atoms with E-state index in [2.05, 4.69) is 31.1 Å². The first kappa shape index (κ1) is 27.5. The summed E-state index contributed by atoms with van der Waals surface area (Å²) in [5.41, 5.74) is 4.18. The number of rotatable bonds is 5. The number of aromatic nitrogens is 1. The number of nitrogens with zero attached hydrogens (tertiary/aromatic N) is 3. The van der Waals surface area contributed by atoms with E-state index in [1.165, 1.54) is 6.07 Å². The van der Waals surface area contributed by atoms with Gasteiger partial charge >= 0.3 is 0 Å². The third kappa shape index (κ3) is 5.92. The molecular weight excluding hydrogens is 559 g/mol. The van der Waals surface area contributed by atoms with Crippen LogP contribution in [0, 0.1) is 19.7 Å². The van der Waals surface area contributed by atoms with Gasteiger partial charge in [-0.3, -0.25) is 14.6 Å². The van der Waals surface area contributed by atoms with Crippen molar-refractivity contribution in [1.29, 1.82) is 0 Å². The van der Waals surface area contributed by atoms with Gasteiger partial charge in [-0.1, -0.05) is 40.2 Å². The zero-order valence-electron chi connectivity index (χ0n) is 22.4. The molecule has 2 aliphatic rings. The van der Waals surface area contributed by atoms with E-state index in [1.807, 2.05) is 43.3 Å². The van der Waals surface area contributed by atoms with Crippen LogP contribution in [0.2, 0.25) is 0 Å². The van der Waals surface area contributed by atoms with Crippen molar-refractivity contribution in [2.75, 3.05) is 26.2 Å². The Hall–Kier alpha value is -3.10. The van der Waals surface area contributed by atoms with Gasteiger partial charge in [-0.05, 0) is 74.9 Å². The first-order chi connectivity index (χ1) is 18.8. The lowest BCUT2D eigenvalue weighted by atomic mass is 9.96. The number of piperidine rings is 2. The summed E-state index contributed by atoms with van der Waals surface area (Å²) in [6, 6.07) is 15.1. The summed E-state index contributed by atoms with van der Waals surface area (Å²) >= 11 is 3.41. The number of amides is 2. The highest BCUT2D eigenvalue weighted by Gasteiger charge is 2.32. The third-order valence-corrected chi connectivity index (χ3v) is 9.01. The Morgan fingerprint density at radius 3 is 2.38 bits per heavy atom. The van der Waals surface area contributed by atoms with Gasteiger partial charge < -0.3 is 15.1 Å². The number of carbonyl (C=O) groups is 2. The summed E-state index contributed by atoms with van der Waals surface area (Å²) in [4.78, 5) is 35.1. The molecule has 204 valence electrons. The van der Waals surface area contributed by atoms with E-state index in [-0.39, 0.29) is 23.4 Å². The fourth-order valence-electron chi connectivity index (χ4n) is 5.82. The standard InChI is InChI=1S/C31H34BrFN4O2/c1-20-6-3-4-7-24(20)29-25(8-5-15-34-29)30(38)35-22-11-16-36(17-12-22)23-13-18-37(19-14-23)31(39)28-21(2)26(32)9-10-27(28)33/h3-10,15,22-23H,11-14,16-19H2,1-2H3,(H,35,38). The molecule has 2 fully saturated rings. The summed E-state index contributed by atoms with van der Waals surface area (Å²) in [5, 5.41) is 3.25. The second-order valence-electron chi connectivity index (χ2n) is 10.6. The molecular formula is C31H34BrFN4O2.